The summed E-state index contributed by atoms with van der Waals surface area (Å²) in [5, 5.41) is 17.1. The van der Waals surface area contributed by atoms with Crippen molar-refractivity contribution < 1.29 is 10.2 Å². The predicted octanol–water partition coefficient (Wildman–Crippen LogP) is -0.317. The molecule has 10 heavy (non-hydrogen) atoms. The highest BCUT2D eigenvalue weighted by Crippen LogP contribution is 1.88. The molecule has 0 rings (SSSR count). The van der Waals surface area contributed by atoms with Gasteiger partial charge < -0.3 is 10.2 Å². The van der Waals surface area contributed by atoms with Gasteiger partial charge in [0, 0.05) is 13.1 Å². The van der Waals surface area contributed by atoms with E-state index in [4.69, 9.17) is 10.2 Å². The second kappa shape index (κ2) is 6.99. The summed E-state index contributed by atoms with van der Waals surface area (Å²) in [6, 6.07) is 0. The summed E-state index contributed by atoms with van der Waals surface area (Å²) in [6.07, 6.45) is 1.07. The second-order valence-electron chi connectivity index (χ2n) is 2.29. The smallest absolute Gasteiger partial charge is 0.0558 e. The van der Waals surface area contributed by atoms with Gasteiger partial charge in [-0.3, -0.25) is 4.90 Å². The van der Waals surface area contributed by atoms with Gasteiger partial charge >= 0.3 is 0 Å². The molecule has 0 radical (unpaired) electrons. The van der Waals surface area contributed by atoms with Crippen LogP contribution in [-0.2, 0) is 0 Å². The van der Waals surface area contributed by atoms with Gasteiger partial charge in [-0.15, -0.1) is 0 Å². The van der Waals surface area contributed by atoms with Crippen molar-refractivity contribution in [1.82, 2.24) is 4.90 Å². The SMILES string of the molecule is CCCN(CCO)CCO. The van der Waals surface area contributed by atoms with E-state index in [1.165, 1.54) is 0 Å². The van der Waals surface area contributed by atoms with E-state index >= 15 is 0 Å². The van der Waals surface area contributed by atoms with Crippen molar-refractivity contribution in [1.29, 1.82) is 0 Å². The molecule has 0 aromatic heterocycles. The van der Waals surface area contributed by atoms with Crippen molar-refractivity contribution in [3.05, 3.63) is 0 Å². The molecule has 0 atom stereocenters. The first-order valence-corrected chi connectivity index (χ1v) is 3.79. The summed E-state index contributed by atoms with van der Waals surface area (Å²) in [5.74, 6) is 0. The molecule has 0 aliphatic carbocycles. The zero-order valence-electron chi connectivity index (χ0n) is 6.58. The molecular formula is C7H17NO2. The van der Waals surface area contributed by atoms with Crippen LogP contribution in [0.2, 0.25) is 0 Å². The summed E-state index contributed by atoms with van der Waals surface area (Å²) in [7, 11) is 0. The predicted molar refractivity (Wildman–Crippen MR) is 40.9 cm³/mol. The molecule has 0 amide bonds. The number of hydrogen-bond donors (Lipinski definition) is 2. The molecule has 0 saturated heterocycles. The molecule has 3 heteroatoms. The molecule has 0 saturated carbocycles. The lowest BCUT2D eigenvalue weighted by Gasteiger charge is -2.18. The van der Waals surface area contributed by atoms with Gasteiger partial charge in [-0.25, -0.2) is 0 Å². The highest BCUT2D eigenvalue weighted by Gasteiger charge is 1.99. The van der Waals surface area contributed by atoms with E-state index in [2.05, 4.69) is 6.92 Å². The van der Waals surface area contributed by atoms with Crippen molar-refractivity contribution in [3.8, 4) is 0 Å². The normalized spacial score (nSPS) is 10.8. The van der Waals surface area contributed by atoms with Gasteiger partial charge in [-0.1, -0.05) is 6.92 Å². The van der Waals surface area contributed by atoms with Gasteiger partial charge in [-0.05, 0) is 13.0 Å². The number of aliphatic hydroxyl groups excluding tert-OH is 2. The van der Waals surface area contributed by atoms with Crippen LogP contribution in [0.3, 0.4) is 0 Å². The third kappa shape index (κ3) is 4.73. The minimum absolute atomic E-state index is 0.181. The molecule has 3 nitrogen and oxygen atoms in total. The third-order valence-electron chi connectivity index (χ3n) is 1.37. The van der Waals surface area contributed by atoms with Crippen LogP contribution in [0.25, 0.3) is 0 Å². The van der Waals surface area contributed by atoms with Crippen molar-refractivity contribution in [2.24, 2.45) is 0 Å². The molecule has 0 aromatic rings. The Balaban J connectivity index is 3.30. The fraction of sp³-hybridized carbons (Fsp3) is 1.00. The Morgan fingerprint density at radius 2 is 1.50 bits per heavy atom. The van der Waals surface area contributed by atoms with Crippen LogP contribution in [0, 0.1) is 0 Å². The van der Waals surface area contributed by atoms with Gasteiger partial charge in [0.1, 0.15) is 0 Å². The summed E-state index contributed by atoms with van der Waals surface area (Å²) >= 11 is 0. The average Bonchev–Trinajstić information content (AvgIpc) is 1.90. The summed E-state index contributed by atoms with van der Waals surface area (Å²) in [4.78, 5) is 2.04. The van der Waals surface area contributed by atoms with Crippen LogP contribution in [-0.4, -0.2) is 48.0 Å². The molecular weight excluding hydrogens is 130 g/mol. The minimum Gasteiger partial charge on any atom is -0.395 e. The number of hydrogen-bond acceptors (Lipinski definition) is 3. The third-order valence-corrected chi connectivity index (χ3v) is 1.37. The number of nitrogens with zero attached hydrogens (tertiary/aromatic N) is 1. The molecule has 0 bridgehead atoms. The average molecular weight is 147 g/mol. The topological polar surface area (TPSA) is 43.7 Å². The Labute approximate surface area is 62.3 Å². The van der Waals surface area contributed by atoms with Gasteiger partial charge in [0.05, 0.1) is 13.2 Å². The molecule has 0 heterocycles. The van der Waals surface area contributed by atoms with E-state index < -0.39 is 0 Å². The van der Waals surface area contributed by atoms with E-state index in [9.17, 15) is 0 Å². The number of aliphatic hydroxyl groups is 2. The molecule has 0 unspecified atom stereocenters. The Kier molecular flexibility index (Phi) is 6.91. The minimum atomic E-state index is 0.181. The van der Waals surface area contributed by atoms with E-state index in [1.807, 2.05) is 4.90 Å². The van der Waals surface area contributed by atoms with Gasteiger partial charge in [0.2, 0.25) is 0 Å². The highest BCUT2D eigenvalue weighted by atomic mass is 16.3. The van der Waals surface area contributed by atoms with Crippen LogP contribution in [0.1, 0.15) is 13.3 Å². The first-order valence-electron chi connectivity index (χ1n) is 3.79. The fourth-order valence-electron chi connectivity index (χ4n) is 0.934. The molecule has 0 aliphatic rings. The van der Waals surface area contributed by atoms with E-state index in [1.54, 1.807) is 0 Å². The van der Waals surface area contributed by atoms with Gasteiger partial charge in [0.25, 0.3) is 0 Å². The van der Waals surface area contributed by atoms with Crippen molar-refractivity contribution >= 4 is 0 Å². The standard InChI is InChI=1S/C7H17NO2/c1-2-3-8(4-6-9)5-7-10/h9-10H,2-7H2,1H3. The summed E-state index contributed by atoms with van der Waals surface area (Å²) in [5.41, 5.74) is 0. The first kappa shape index (κ1) is 9.88. The van der Waals surface area contributed by atoms with Crippen molar-refractivity contribution in [3.63, 3.8) is 0 Å². The van der Waals surface area contributed by atoms with E-state index in [0.29, 0.717) is 13.1 Å². The Hall–Kier alpha value is -0.120. The first-order chi connectivity index (χ1) is 4.85. The van der Waals surface area contributed by atoms with Crippen molar-refractivity contribution in [2.45, 2.75) is 13.3 Å². The maximum Gasteiger partial charge on any atom is 0.0558 e. The van der Waals surface area contributed by atoms with Crippen LogP contribution >= 0.6 is 0 Å². The van der Waals surface area contributed by atoms with Crippen LogP contribution in [0.4, 0.5) is 0 Å². The van der Waals surface area contributed by atoms with Crippen LogP contribution in [0.5, 0.6) is 0 Å². The van der Waals surface area contributed by atoms with Gasteiger partial charge in [0.15, 0.2) is 0 Å². The molecule has 0 aliphatic heterocycles. The van der Waals surface area contributed by atoms with E-state index in [0.717, 1.165) is 13.0 Å². The number of rotatable bonds is 6. The summed E-state index contributed by atoms with van der Waals surface area (Å²) < 4.78 is 0. The Morgan fingerprint density at radius 3 is 1.80 bits per heavy atom. The second-order valence-corrected chi connectivity index (χ2v) is 2.29. The molecule has 0 spiro atoms. The van der Waals surface area contributed by atoms with Gasteiger partial charge in [-0.2, -0.15) is 0 Å². The molecule has 0 fully saturated rings. The molecule has 0 aromatic carbocycles. The zero-order valence-corrected chi connectivity index (χ0v) is 6.58. The maximum atomic E-state index is 8.57. The lowest BCUT2D eigenvalue weighted by atomic mass is 10.4. The monoisotopic (exact) mass is 147 g/mol. The molecule has 2 N–H and O–H groups in total. The highest BCUT2D eigenvalue weighted by molar-refractivity contribution is 4.53. The quantitative estimate of drug-likeness (QED) is 0.541. The zero-order chi connectivity index (χ0) is 7.82. The fourth-order valence-corrected chi connectivity index (χ4v) is 0.934. The summed E-state index contributed by atoms with van der Waals surface area (Å²) in [6.45, 7) is 4.76. The van der Waals surface area contributed by atoms with E-state index in [-0.39, 0.29) is 13.2 Å². The van der Waals surface area contributed by atoms with Crippen molar-refractivity contribution in [2.75, 3.05) is 32.8 Å². The lowest BCUT2D eigenvalue weighted by Crippen LogP contribution is -2.30. The van der Waals surface area contributed by atoms with Crippen LogP contribution < -0.4 is 0 Å². The van der Waals surface area contributed by atoms with Crippen LogP contribution in [0.15, 0.2) is 0 Å². The Morgan fingerprint density at radius 1 is 1.00 bits per heavy atom. The molecule has 62 valence electrons. The maximum absolute atomic E-state index is 8.57. The largest absolute Gasteiger partial charge is 0.395 e. The lowest BCUT2D eigenvalue weighted by molar-refractivity contribution is 0.161. The Bertz CT molecular complexity index is 54.4.